The maximum absolute atomic E-state index is 12.9. The van der Waals surface area contributed by atoms with Crippen LogP contribution in [0.3, 0.4) is 0 Å². The highest BCUT2D eigenvalue weighted by atomic mass is 19.1. The van der Waals surface area contributed by atoms with Gasteiger partial charge in [-0.25, -0.2) is 4.39 Å². The minimum Gasteiger partial charge on any atom is -0.283 e. The van der Waals surface area contributed by atoms with Gasteiger partial charge in [-0.05, 0) is 44.2 Å². The lowest BCUT2D eigenvalue weighted by atomic mass is 10.0. The highest BCUT2D eigenvalue weighted by Gasteiger charge is 2.37. The summed E-state index contributed by atoms with van der Waals surface area (Å²) in [6.45, 7) is 3.66. The predicted molar refractivity (Wildman–Crippen MR) is 73.1 cm³/mol. The largest absolute Gasteiger partial charge is 0.283 e. The zero-order valence-electron chi connectivity index (χ0n) is 11.1. The van der Waals surface area contributed by atoms with Crippen molar-refractivity contribution in [3.8, 4) is 0 Å². The molecule has 2 heterocycles. The molecule has 1 N–H and O–H groups in total. The Balaban J connectivity index is 1.94. The van der Waals surface area contributed by atoms with Crippen molar-refractivity contribution in [2.75, 3.05) is 5.01 Å². The number of amides is 1. The van der Waals surface area contributed by atoms with E-state index in [1.54, 1.807) is 6.92 Å². The molecule has 3 rings (SSSR count). The highest BCUT2D eigenvalue weighted by Crippen LogP contribution is 2.29. The number of hydrogen-bond acceptors (Lipinski definition) is 3. The zero-order valence-corrected chi connectivity index (χ0v) is 11.1. The molecule has 5 nitrogen and oxygen atoms in total. The van der Waals surface area contributed by atoms with Crippen LogP contribution in [-0.2, 0) is 4.79 Å². The number of nitrogens with zero attached hydrogens (tertiary/aromatic N) is 3. The van der Waals surface area contributed by atoms with Crippen LogP contribution in [0.5, 0.6) is 0 Å². The second-order valence-corrected chi connectivity index (χ2v) is 4.78. The van der Waals surface area contributed by atoms with Crippen molar-refractivity contribution >= 4 is 17.3 Å². The van der Waals surface area contributed by atoms with Crippen LogP contribution in [0.1, 0.15) is 24.2 Å². The SMILES string of the molecule is CC1=NN(c2ccc(F)cc2)C(=O)C1c1cc(C)[nH]n1. The number of hydrazone groups is 1. The van der Waals surface area contributed by atoms with E-state index in [1.807, 2.05) is 13.0 Å². The van der Waals surface area contributed by atoms with Gasteiger partial charge in [0.05, 0.1) is 17.1 Å². The van der Waals surface area contributed by atoms with Gasteiger partial charge in [0.15, 0.2) is 0 Å². The van der Waals surface area contributed by atoms with E-state index in [0.29, 0.717) is 17.1 Å². The molecule has 1 aliphatic rings. The molecule has 1 amide bonds. The van der Waals surface area contributed by atoms with E-state index < -0.39 is 5.92 Å². The Kier molecular flexibility index (Phi) is 2.85. The molecule has 1 atom stereocenters. The minimum absolute atomic E-state index is 0.180. The summed E-state index contributed by atoms with van der Waals surface area (Å²) >= 11 is 0. The molecule has 102 valence electrons. The third-order valence-electron chi connectivity index (χ3n) is 3.22. The number of nitrogens with one attached hydrogen (secondary N) is 1. The monoisotopic (exact) mass is 272 g/mol. The maximum Gasteiger partial charge on any atom is 0.262 e. The van der Waals surface area contributed by atoms with Gasteiger partial charge in [0, 0.05) is 5.69 Å². The number of aromatic nitrogens is 2. The second kappa shape index (κ2) is 4.56. The number of benzene rings is 1. The first-order chi connectivity index (χ1) is 9.56. The van der Waals surface area contributed by atoms with Gasteiger partial charge in [0.2, 0.25) is 0 Å². The topological polar surface area (TPSA) is 61.4 Å². The summed E-state index contributed by atoms with van der Waals surface area (Å²) in [7, 11) is 0. The van der Waals surface area contributed by atoms with E-state index in [4.69, 9.17) is 0 Å². The number of aryl methyl sites for hydroxylation is 1. The molecule has 1 unspecified atom stereocenters. The van der Waals surface area contributed by atoms with E-state index >= 15 is 0 Å². The molecule has 1 aliphatic heterocycles. The maximum atomic E-state index is 12.9. The molecule has 0 spiro atoms. The van der Waals surface area contributed by atoms with Gasteiger partial charge in [-0.1, -0.05) is 0 Å². The summed E-state index contributed by atoms with van der Waals surface area (Å²) in [6, 6.07) is 7.50. The Morgan fingerprint density at radius 3 is 2.55 bits per heavy atom. The molecule has 0 radical (unpaired) electrons. The van der Waals surface area contributed by atoms with E-state index in [0.717, 1.165) is 5.69 Å². The first kappa shape index (κ1) is 12.5. The third-order valence-corrected chi connectivity index (χ3v) is 3.22. The fourth-order valence-corrected chi connectivity index (χ4v) is 2.26. The summed E-state index contributed by atoms with van der Waals surface area (Å²) in [4.78, 5) is 12.5. The number of aromatic amines is 1. The van der Waals surface area contributed by atoms with Crippen LogP contribution in [0.2, 0.25) is 0 Å². The van der Waals surface area contributed by atoms with Gasteiger partial charge >= 0.3 is 0 Å². The molecule has 0 bridgehead atoms. The van der Waals surface area contributed by atoms with Gasteiger partial charge in [0.25, 0.3) is 5.91 Å². The second-order valence-electron chi connectivity index (χ2n) is 4.78. The predicted octanol–water partition coefficient (Wildman–Crippen LogP) is 2.36. The molecule has 0 aliphatic carbocycles. The smallest absolute Gasteiger partial charge is 0.262 e. The number of carbonyl (C=O) groups excluding carboxylic acids is 1. The Hall–Kier alpha value is -2.50. The quantitative estimate of drug-likeness (QED) is 0.912. The molecule has 1 aromatic carbocycles. The van der Waals surface area contributed by atoms with Crippen LogP contribution in [0, 0.1) is 12.7 Å². The summed E-state index contributed by atoms with van der Waals surface area (Å²) in [5.74, 6) is -1.01. The Morgan fingerprint density at radius 1 is 1.25 bits per heavy atom. The van der Waals surface area contributed by atoms with Crippen molar-refractivity contribution in [3.63, 3.8) is 0 Å². The lowest BCUT2D eigenvalue weighted by molar-refractivity contribution is -0.118. The van der Waals surface area contributed by atoms with Gasteiger partial charge in [-0.2, -0.15) is 15.2 Å². The zero-order chi connectivity index (χ0) is 14.3. The van der Waals surface area contributed by atoms with Gasteiger partial charge in [0.1, 0.15) is 11.7 Å². The number of hydrogen-bond donors (Lipinski definition) is 1. The summed E-state index contributed by atoms with van der Waals surface area (Å²) in [6.07, 6.45) is 0. The van der Waals surface area contributed by atoms with E-state index in [9.17, 15) is 9.18 Å². The van der Waals surface area contributed by atoms with Crippen molar-refractivity contribution < 1.29 is 9.18 Å². The van der Waals surface area contributed by atoms with Crippen molar-refractivity contribution in [1.82, 2.24) is 10.2 Å². The van der Waals surface area contributed by atoms with Crippen molar-refractivity contribution in [1.29, 1.82) is 0 Å². The van der Waals surface area contributed by atoms with E-state index in [-0.39, 0.29) is 11.7 Å². The number of carbonyl (C=O) groups is 1. The van der Waals surface area contributed by atoms with Crippen LogP contribution < -0.4 is 5.01 Å². The third kappa shape index (κ3) is 1.99. The number of H-pyrrole nitrogens is 1. The molecule has 6 heteroatoms. The summed E-state index contributed by atoms with van der Waals surface area (Å²) in [5, 5.41) is 12.5. The van der Waals surface area contributed by atoms with Crippen molar-refractivity contribution in [2.24, 2.45) is 5.10 Å². The fourth-order valence-electron chi connectivity index (χ4n) is 2.26. The average molecular weight is 272 g/mol. The fraction of sp³-hybridized carbons (Fsp3) is 0.214. The highest BCUT2D eigenvalue weighted by molar-refractivity contribution is 6.18. The molecule has 1 aromatic heterocycles. The first-order valence-electron chi connectivity index (χ1n) is 6.23. The Bertz CT molecular complexity index is 689. The minimum atomic E-state index is -0.481. The summed E-state index contributed by atoms with van der Waals surface area (Å²) in [5.41, 5.74) is 2.76. The molecular weight excluding hydrogens is 259 g/mol. The van der Waals surface area contributed by atoms with Crippen LogP contribution >= 0.6 is 0 Å². The van der Waals surface area contributed by atoms with Crippen LogP contribution in [0.15, 0.2) is 35.4 Å². The molecule has 20 heavy (non-hydrogen) atoms. The average Bonchev–Trinajstić information content (AvgIpc) is 2.95. The summed E-state index contributed by atoms with van der Waals surface area (Å²) < 4.78 is 12.9. The standard InChI is InChI=1S/C14H13FN4O/c1-8-7-12(17-16-8)13-9(2)18-19(14(13)20)11-5-3-10(15)4-6-11/h3-7,13H,1-2H3,(H,16,17). The van der Waals surface area contributed by atoms with Crippen molar-refractivity contribution in [3.05, 3.63) is 47.5 Å². The molecule has 0 fully saturated rings. The molecular formula is C14H13FN4O. The van der Waals surface area contributed by atoms with Crippen molar-refractivity contribution in [2.45, 2.75) is 19.8 Å². The Labute approximate surface area is 115 Å². The van der Waals surface area contributed by atoms with Crippen LogP contribution in [0.25, 0.3) is 0 Å². The number of anilines is 1. The van der Waals surface area contributed by atoms with E-state index in [1.165, 1.54) is 29.3 Å². The van der Waals surface area contributed by atoms with Crippen LogP contribution in [-0.4, -0.2) is 21.8 Å². The van der Waals surface area contributed by atoms with Gasteiger partial charge in [-0.3, -0.25) is 9.89 Å². The van der Waals surface area contributed by atoms with Crippen LogP contribution in [0.4, 0.5) is 10.1 Å². The molecule has 0 saturated heterocycles. The Morgan fingerprint density at radius 2 is 1.95 bits per heavy atom. The lowest BCUT2D eigenvalue weighted by Gasteiger charge is -2.13. The lowest BCUT2D eigenvalue weighted by Crippen LogP contribution is -2.25. The molecule has 2 aromatic rings. The number of halogens is 1. The molecule has 0 saturated carbocycles. The van der Waals surface area contributed by atoms with E-state index in [2.05, 4.69) is 15.3 Å². The van der Waals surface area contributed by atoms with Gasteiger partial charge < -0.3 is 0 Å². The normalized spacial score (nSPS) is 18.6. The first-order valence-corrected chi connectivity index (χ1v) is 6.23. The van der Waals surface area contributed by atoms with Gasteiger partial charge in [-0.15, -0.1) is 0 Å². The number of rotatable bonds is 2.